The Balaban J connectivity index is 1.52. The fraction of sp³-hybridized carbons (Fsp3) is 0.630. The van der Waals surface area contributed by atoms with Gasteiger partial charge in [0.15, 0.2) is 0 Å². The van der Waals surface area contributed by atoms with Crippen molar-refractivity contribution in [2.24, 2.45) is 22.7 Å². The fourth-order valence-electron chi connectivity index (χ4n) is 6.72. The van der Waals surface area contributed by atoms with Crippen LogP contribution in [0.4, 0.5) is 0 Å². The van der Waals surface area contributed by atoms with E-state index in [1.165, 1.54) is 49.3 Å². The summed E-state index contributed by atoms with van der Waals surface area (Å²) in [6.45, 7) is 8.74. The lowest BCUT2D eigenvalue weighted by Crippen LogP contribution is -2.42. The summed E-state index contributed by atoms with van der Waals surface area (Å²) in [5.41, 5.74) is 4.88. The van der Waals surface area contributed by atoms with Gasteiger partial charge in [-0.2, -0.15) is 0 Å². The van der Waals surface area contributed by atoms with Crippen LogP contribution in [-0.4, -0.2) is 17.1 Å². The van der Waals surface area contributed by atoms with Gasteiger partial charge >= 0.3 is 5.97 Å². The van der Waals surface area contributed by atoms with Crippen LogP contribution in [0, 0.1) is 22.7 Å². The fourth-order valence-corrected chi connectivity index (χ4v) is 6.72. The average Bonchev–Trinajstić information content (AvgIpc) is 3.07. The third-order valence-corrected chi connectivity index (χ3v) is 8.53. The molecule has 2 fully saturated rings. The van der Waals surface area contributed by atoms with Crippen LogP contribution in [-0.2, 0) is 9.53 Å². The van der Waals surface area contributed by atoms with Crippen molar-refractivity contribution >= 4 is 11.5 Å². The molecule has 3 aliphatic carbocycles. The lowest BCUT2D eigenvalue weighted by Gasteiger charge is -2.51. The monoisotopic (exact) mass is 407 g/mol. The molecule has 0 N–H and O–H groups in total. The van der Waals surface area contributed by atoms with Crippen LogP contribution >= 0.6 is 0 Å². The summed E-state index contributed by atoms with van der Waals surface area (Å²) in [5.74, 6) is 1.29. The number of allylic oxidation sites excluding steroid dienone is 3. The molecule has 0 spiro atoms. The highest BCUT2D eigenvalue weighted by Crippen LogP contribution is 2.61. The Morgan fingerprint density at radius 2 is 2.03 bits per heavy atom. The Hall–Kier alpha value is -1.90. The van der Waals surface area contributed by atoms with E-state index in [9.17, 15) is 4.79 Å². The van der Waals surface area contributed by atoms with Crippen LogP contribution in [0.5, 0.6) is 0 Å². The van der Waals surface area contributed by atoms with Crippen molar-refractivity contribution in [3.63, 3.8) is 0 Å². The summed E-state index contributed by atoms with van der Waals surface area (Å²) in [6, 6.07) is 4.28. The molecule has 1 aromatic rings. The molecular weight excluding hydrogens is 370 g/mol. The first-order valence-electron chi connectivity index (χ1n) is 11.8. The standard InChI is InChI=1S/C27H37NO2/c1-5-7-21-17-24(30-19(2)29)12-14-26(21,3)23-11-13-27(4)22(16-23)9-10-25(27)20-8-6-15-28-18-20/h6-8,10,15,18,22-24H,5,9,11-14,16-17H2,1-4H3/b21-7-/t22-,23-,24-,26-,27-/m0/s1. The topological polar surface area (TPSA) is 39.2 Å². The molecule has 0 saturated heterocycles. The van der Waals surface area contributed by atoms with E-state index in [4.69, 9.17) is 4.74 Å². The molecule has 3 heteroatoms. The number of hydrogen-bond donors (Lipinski definition) is 0. The van der Waals surface area contributed by atoms with E-state index in [-0.39, 0.29) is 22.9 Å². The van der Waals surface area contributed by atoms with Crippen LogP contribution in [0.1, 0.15) is 84.6 Å². The molecule has 0 aliphatic heterocycles. The van der Waals surface area contributed by atoms with Crippen molar-refractivity contribution in [3.05, 3.63) is 47.8 Å². The number of nitrogens with zero attached hydrogens (tertiary/aromatic N) is 1. The minimum absolute atomic E-state index is 0.0626. The van der Waals surface area contributed by atoms with E-state index in [0.717, 1.165) is 31.6 Å². The zero-order valence-corrected chi connectivity index (χ0v) is 19.1. The SMILES string of the molecule is CC/C=C1/C[C@@H](OC(C)=O)CC[C@]1(C)[C@H]1CC[C@]2(C)C(c3cccnc3)=CC[C@H]2C1. The number of rotatable bonds is 4. The normalized spacial score (nSPS) is 37.5. The van der Waals surface area contributed by atoms with Gasteiger partial charge in [0.1, 0.15) is 6.10 Å². The van der Waals surface area contributed by atoms with Crippen molar-refractivity contribution in [2.75, 3.05) is 0 Å². The predicted octanol–water partition coefficient (Wildman–Crippen LogP) is 6.75. The molecular formula is C27H37NO2. The van der Waals surface area contributed by atoms with Gasteiger partial charge in [0.25, 0.3) is 0 Å². The lowest BCUT2D eigenvalue weighted by molar-refractivity contribution is -0.148. The summed E-state index contributed by atoms with van der Waals surface area (Å²) < 4.78 is 5.60. The molecule has 2 saturated carbocycles. The van der Waals surface area contributed by atoms with Gasteiger partial charge in [0, 0.05) is 25.7 Å². The van der Waals surface area contributed by atoms with Crippen molar-refractivity contribution in [3.8, 4) is 0 Å². The first kappa shape index (κ1) is 21.3. The molecule has 3 nitrogen and oxygen atoms in total. The molecule has 0 unspecified atom stereocenters. The first-order chi connectivity index (χ1) is 14.4. The maximum absolute atomic E-state index is 11.5. The Labute approximate surface area is 182 Å². The predicted molar refractivity (Wildman–Crippen MR) is 122 cm³/mol. The van der Waals surface area contributed by atoms with Crippen LogP contribution in [0.25, 0.3) is 5.57 Å². The quantitative estimate of drug-likeness (QED) is 0.409. The third-order valence-electron chi connectivity index (χ3n) is 8.53. The molecule has 0 radical (unpaired) electrons. The second-order valence-corrected chi connectivity index (χ2v) is 10.2. The zero-order valence-electron chi connectivity index (χ0n) is 19.1. The molecule has 0 bridgehead atoms. The van der Waals surface area contributed by atoms with Gasteiger partial charge in [-0.15, -0.1) is 0 Å². The Morgan fingerprint density at radius 1 is 1.23 bits per heavy atom. The van der Waals surface area contributed by atoms with Crippen LogP contribution in [0.2, 0.25) is 0 Å². The Morgan fingerprint density at radius 3 is 2.73 bits per heavy atom. The number of carbonyl (C=O) groups is 1. The van der Waals surface area contributed by atoms with E-state index in [1.807, 2.05) is 12.4 Å². The number of hydrogen-bond acceptors (Lipinski definition) is 3. The van der Waals surface area contributed by atoms with E-state index in [1.54, 1.807) is 0 Å². The van der Waals surface area contributed by atoms with E-state index in [0.29, 0.717) is 5.92 Å². The maximum Gasteiger partial charge on any atom is 0.302 e. The molecule has 4 rings (SSSR count). The van der Waals surface area contributed by atoms with Crippen molar-refractivity contribution < 1.29 is 9.53 Å². The van der Waals surface area contributed by atoms with Crippen molar-refractivity contribution in [1.29, 1.82) is 0 Å². The highest BCUT2D eigenvalue weighted by molar-refractivity contribution is 5.72. The minimum atomic E-state index is -0.146. The minimum Gasteiger partial charge on any atom is -0.462 e. The van der Waals surface area contributed by atoms with Gasteiger partial charge in [-0.25, -0.2) is 0 Å². The molecule has 5 atom stereocenters. The highest BCUT2D eigenvalue weighted by Gasteiger charge is 2.51. The molecule has 1 heterocycles. The first-order valence-corrected chi connectivity index (χ1v) is 11.8. The summed E-state index contributed by atoms with van der Waals surface area (Å²) in [5, 5.41) is 0. The summed E-state index contributed by atoms with van der Waals surface area (Å²) in [4.78, 5) is 15.9. The highest BCUT2D eigenvalue weighted by atomic mass is 16.5. The van der Waals surface area contributed by atoms with E-state index in [2.05, 4.69) is 50.0 Å². The van der Waals surface area contributed by atoms with Gasteiger partial charge in [0.2, 0.25) is 0 Å². The Kier molecular flexibility index (Phi) is 5.92. The average molecular weight is 408 g/mol. The molecule has 0 amide bonds. The summed E-state index contributed by atoms with van der Waals surface area (Å²) >= 11 is 0. The number of fused-ring (bicyclic) bond motifs is 1. The van der Waals surface area contributed by atoms with Gasteiger partial charge < -0.3 is 4.74 Å². The van der Waals surface area contributed by atoms with Gasteiger partial charge in [-0.3, -0.25) is 9.78 Å². The zero-order chi connectivity index (χ0) is 21.4. The van der Waals surface area contributed by atoms with E-state index < -0.39 is 0 Å². The van der Waals surface area contributed by atoms with E-state index >= 15 is 0 Å². The summed E-state index contributed by atoms with van der Waals surface area (Å²) in [7, 11) is 0. The van der Waals surface area contributed by atoms with Crippen LogP contribution < -0.4 is 0 Å². The number of aromatic nitrogens is 1. The molecule has 162 valence electrons. The summed E-state index contributed by atoms with van der Waals surface area (Å²) in [6.07, 6.45) is 18.0. The second-order valence-electron chi connectivity index (χ2n) is 10.2. The molecule has 30 heavy (non-hydrogen) atoms. The van der Waals surface area contributed by atoms with Gasteiger partial charge in [-0.05, 0) is 84.8 Å². The van der Waals surface area contributed by atoms with Gasteiger partial charge in [0.05, 0.1) is 0 Å². The van der Waals surface area contributed by atoms with Crippen molar-refractivity contribution in [2.45, 2.75) is 85.2 Å². The number of pyridine rings is 1. The smallest absolute Gasteiger partial charge is 0.302 e. The molecule has 0 aromatic carbocycles. The largest absolute Gasteiger partial charge is 0.462 e. The maximum atomic E-state index is 11.5. The number of esters is 1. The second kappa shape index (κ2) is 8.32. The van der Waals surface area contributed by atoms with Crippen LogP contribution in [0.3, 0.4) is 0 Å². The van der Waals surface area contributed by atoms with Crippen LogP contribution in [0.15, 0.2) is 42.3 Å². The van der Waals surface area contributed by atoms with Crippen molar-refractivity contribution in [1.82, 2.24) is 4.98 Å². The lowest BCUT2D eigenvalue weighted by atomic mass is 9.54. The molecule has 1 aromatic heterocycles. The number of carbonyl (C=O) groups excluding carboxylic acids is 1. The molecule has 3 aliphatic rings. The third kappa shape index (κ3) is 3.76. The Bertz CT molecular complexity index is 842. The number of ether oxygens (including phenoxy) is 1. The van der Waals surface area contributed by atoms with Gasteiger partial charge in [-0.1, -0.05) is 44.6 Å².